The van der Waals surface area contributed by atoms with Gasteiger partial charge in [-0.15, -0.1) is 0 Å². The van der Waals surface area contributed by atoms with Crippen LogP contribution in [0.1, 0.15) is 24.2 Å². The maximum absolute atomic E-state index is 11.9. The van der Waals surface area contributed by atoms with Crippen molar-refractivity contribution in [2.75, 3.05) is 33.0 Å². The molecule has 0 fully saturated rings. The van der Waals surface area contributed by atoms with E-state index in [1.165, 1.54) is 6.07 Å². The topological polar surface area (TPSA) is 56.8 Å². The zero-order chi connectivity index (χ0) is 17.3. The van der Waals surface area contributed by atoms with Crippen molar-refractivity contribution in [1.82, 2.24) is 5.32 Å². The smallest absolute Gasteiger partial charge is 0.411 e. The van der Waals surface area contributed by atoms with Gasteiger partial charge in [-0.25, -0.2) is 0 Å². The van der Waals surface area contributed by atoms with Gasteiger partial charge in [-0.05, 0) is 32.0 Å². The molecular formula is C15H20F3NO4. The van der Waals surface area contributed by atoms with Gasteiger partial charge in [0.05, 0.1) is 19.8 Å². The molecular weight excluding hydrogens is 315 g/mol. The predicted octanol–water partition coefficient (Wildman–Crippen LogP) is 2.79. The standard InChI is InChI=1S/C15H20F3NO4/c1-3-22-12-6-5-11(9-13(12)23-4-2)14(20)19-7-8-21-10-15(16,17)18/h5-6,9H,3-4,7-8,10H2,1-2H3,(H,19,20). The summed E-state index contributed by atoms with van der Waals surface area (Å²) < 4.78 is 50.9. The minimum Gasteiger partial charge on any atom is -0.490 e. The molecule has 0 aromatic heterocycles. The molecule has 0 saturated carbocycles. The Balaban J connectivity index is 2.54. The summed E-state index contributed by atoms with van der Waals surface area (Å²) in [4.78, 5) is 11.9. The van der Waals surface area contributed by atoms with Gasteiger partial charge in [0.25, 0.3) is 5.91 Å². The fourth-order valence-corrected chi connectivity index (χ4v) is 1.72. The first-order chi connectivity index (χ1) is 10.9. The van der Waals surface area contributed by atoms with E-state index >= 15 is 0 Å². The molecule has 1 rings (SSSR count). The first-order valence-corrected chi connectivity index (χ1v) is 7.19. The first kappa shape index (κ1) is 19.1. The lowest BCUT2D eigenvalue weighted by molar-refractivity contribution is -0.173. The van der Waals surface area contributed by atoms with Crippen molar-refractivity contribution in [2.45, 2.75) is 20.0 Å². The number of hydrogen-bond acceptors (Lipinski definition) is 4. The number of hydrogen-bond donors (Lipinski definition) is 1. The summed E-state index contributed by atoms with van der Waals surface area (Å²) in [5, 5.41) is 2.48. The fourth-order valence-electron chi connectivity index (χ4n) is 1.72. The second kappa shape index (κ2) is 9.24. The van der Waals surface area contributed by atoms with Crippen LogP contribution in [0, 0.1) is 0 Å². The molecule has 0 bridgehead atoms. The minimum absolute atomic E-state index is 0.0217. The van der Waals surface area contributed by atoms with Crippen LogP contribution >= 0.6 is 0 Å². The number of halogens is 3. The molecule has 1 N–H and O–H groups in total. The predicted molar refractivity (Wildman–Crippen MR) is 78.0 cm³/mol. The van der Waals surface area contributed by atoms with Gasteiger partial charge in [0.1, 0.15) is 6.61 Å². The molecule has 0 spiro atoms. The largest absolute Gasteiger partial charge is 0.490 e. The number of rotatable bonds is 9. The summed E-state index contributed by atoms with van der Waals surface area (Å²) >= 11 is 0. The van der Waals surface area contributed by atoms with Crippen molar-refractivity contribution in [3.63, 3.8) is 0 Å². The van der Waals surface area contributed by atoms with E-state index < -0.39 is 18.7 Å². The van der Waals surface area contributed by atoms with E-state index in [4.69, 9.17) is 9.47 Å². The maximum atomic E-state index is 11.9. The lowest BCUT2D eigenvalue weighted by Crippen LogP contribution is -2.28. The van der Waals surface area contributed by atoms with E-state index in [2.05, 4.69) is 10.1 Å². The lowest BCUT2D eigenvalue weighted by atomic mass is 10.2. The van der Waals surface area contributed by atoms with Crippen molar-refractivity contribution in [3.05, 3.63) is 23.8 Å². The summed E-state index contributed by atoms with van der Waals surface area (Å²) in [7, 11) is 0. The van der Waals surface area contributed by atoms with Crippen LogP contribution in [-0.4, -0.2) is 45.1 Å². The van der Waals surface area contributed by atoms with Gasteiger partial charge in [-0.1, -0.05) is 0 Å². The molecule has 5 nitrogen and oxygen atoms in total. The molecule has 130 valence electrons. The summed E-state index contributed by atoms with van der Waals surface area (Å²) in [5.74, 6) is 0.541. The Bertz CT molecular complexity index is 506. The van der Waals surface area contributed by atoms with Gasteiger partial charge in [-0.2, -0.15) is 13.2 Å². The van der Waals surface area contributed by atoms with Gasteiger partial charge in [0, 0.05) is 12.1 Å². The van der Waals surface area contributed by atoms with Crippen LogP contribution in [0.25, 0.3) is 0 Å². The molecule has 23 heavy (non-hydrogen) atoms. The highest BCUT2D eigenvalue weighted by atomic mass is 19.4. The quantitative estimate of drug-likeness (QED) is 0.705. The van der Waals surface area contributed by atoms with Crippen molar-refractivity contribution >= 4 is 5.91 Å². The highest BCUT2D eigenvalue weighted by molar-refractivity contribution is 5.94. The SMILES string of the molecule is CCOc1ccc(C(=O)NCCOCC(F)(F)F)cc1OCC. The molecule has 8 heteroatoms. The molecule has 0 aliphatic heterocycles. The lowest BCUT2D eigenvalue weighted by Gasteiger charge is -2.12. The van der Waals surface area contributed by atoms with Crippen LogP contribution in [0.2, 0.25) is 0 Å². The second-order valence-electron chi connectivity index (χ2n) is 4.45. The number of ether oxygens (including phenoxy) is 3. The van der Waals surface area contributed by atoms with Crippen LogP contribution in [-0.2, 0) is 4.74 Å². The molecule has 0 radical (unpaired) electrons. The van der Waals surface area contributed by atoms with Crippen molar-refractivity contribution in [2.24, 2.45) is 0 Å². The Hall–Kier alpha value is -1.96. The maximum Gasteiger partial charge on any atom is 0.411 e. The molecule has 0 heterocycles. The third-order valence-corrected chi connectivity index (χ3v) is 2.60. The molecule has 0 saturated heterocycles. The van der Waals surface area contributed by atoms with Crippen LogP contribution in [0.4, 0.5) is 13.2 Å². The number of carbonyl (C=O) groups is 1. The zero-order valence-corrected chi connectivity index (χ0v) is 13.0. The van der Waals surface area contributed by atoms with Crippen molar-refractivity contribution < 1.29 is 32.2 Å². The Morgan fingerprint density at radius 2 is 1.78 bits per heavy atom. The molecule has 0 aliphatic carbocycles. The Labute approximate surface area is 132 Å². The summed E-state index contributed by atoms with van der Waals surface area (Å²) in [6.07, 6.45) is -4.37. The second-order valence-corrected chi connectivity index (χ2v) is 4.45. The molecule has 1 aromatic rings. The van der Waals surface area contributed by atoms with Gasteiger partial charge >= 0.3 is 6.18 Å². The van der Waals surface area contributed by atoms with Gasteiger partial charge in [0.15, 0.2) is 11.5 Å². The Morgan fingerprint density at radius 1 is 1.13 bits per heavy atom. The van der Waals surface area contributed by atoms with Crippen LogP contribution in [0.3, 0.4) is 0 Å². The number of nitrogens with one attached hydrogen (secondary N) is 1. The Morgan fingerprint density at radius 3 is 2.39 bits per heavy atom. The molecule has 0 aliphatic rings. The minimum atomic E-state index is -4.37. The average Bonchev–Trinajstić information content (AvgIpc) is 2.47. The number of carbonyl (C=O) groups excluding carboxylic acids is 1. The molecule has 0 unspecified atom stereocenters. The number of alkyl halides is 3. The van der Waals surface area contributed by atoms with E-state index in [1.807, 2.05) is 6.92 Å². The van der Waals surface area contributed by atoms with E-state index in [9.17, 15) is 18.0 Å². The summed E-state index contributed by atoms with van der Waals surface area (Å²) in [6.45, 7) is 2.93. The first-order valence-electron chi connectivity index (χ1n) is 7.19. The monoisotopic (exact) mass is 335 g/mol. The van der Waals surface area contributed by atoms with E-state index in [1.54, 1.807) is 19.1 Å². The molecule has 1 amide bonds. The van der Waals surface area contributed by atoms with Crippen molar-refractivity contribution in [3.8, 4) is 11.5 Å². The van der Waals surface area contributed by atoms with E-state index in [0.717, 1.165) is 0 Å². The van der Waals surface area contributed by atoms with Crippen LogP contribution in [0.15, 0.2) is 18.2 Å². The van der Waals surface area contributed by atoms with Crippen LogP contribution in [0.5, 0.6) is 11.5 Å². The van der Waals surface area contributed by atoms with Gasteiger partial charge in [-0.3, -0.25) is 4.79 Å². The van der Waals surface area contributed by atoms with Crippen LogP contribution < -0.4 is 14.8 Å². The zero-order valence-electron chi connectivity index (χ0n) is 13.0. The number of amides is 1. The summed E-state index contributed by atoms with van der Waals surface area (Å²) in [5.41, 5.74) is 0.327. The third-order valence-electron chi connectivity index (χ3n) is 2.60. The Kier molecular flexibility index (Phi) is 7.67. The van der Waals surface area contributed by atoms with E-state index in [-0.39, 0.29) is 13.2 Å². The normalized spacial score (nSPS) is 11.2. The molecule has 0 atom stereocenters. The van der Waals surface area contributed by atoms with E-state index in [0.29, 0.717) is 30.3 Å². The van der Waals surface area contributed by atoms with Gasteiger partial charge < -0.3 is 19.5 Å². The summed E-state index contributed by atoms with van der Waals surface area (Å²) in [6, 6.07) is 4.70. The third kappa shape index (κ3) is 7.23. The average molecular weight is 335 g/mol. The fraction of sp³-hybridized carbons (Fsp3) is 0.533. The highest BCUT2D eigenvalue weighted by Crippen LogP contribution is 2.28. The van der Waals surface area contributed by atoms with Crippen molar-refractivity contribution in [1.29, 1.82) is 0 Å². The van der Waals surface area contributed by atoms with Gasteiger partial charge in [0.2, 0.25) is 0 Å². The number of benzene rings is 1. The highest BCUT2D eigenvalue weighted by Gasteiger charge is 2.27. The molecule has 1 aromatic carbocycles.